The van der Waals surface area contributed by atoms with Crippen molar-refractivity contribution in [3.05, 3.63) is 57.5 Å². The predicted molar refractivity (Wildman–Crippen MR) is 105 cm³/mol. The molecular weight excluding hydrogens is 387 g/mol. The summed E-state index contributed by atoms with van der Waals surface area (Å²) in [7, 11) is 0. The van der Waals surface area contributed by atoms with E-state index in [9.17, 15) is 18.0 Å². The van der Waals surface area contributed by atoms with Crippen molar-refractivity contribution in [3.63, 3.8) is 0 Å². The van der Waals surface area contributed by atoms with Crippen molar-refractivity contribution in [3.8, 4) is 0 Å². The number of hydrogen-bond acceptors (Lipinski definition) is 3. The van der Waals surface area contributed by atoms with Crippen LogP contribution in [0.5, 0.6) is 0 Å². The largest absolute Gasteiger partial charge is 0.436 e. The van der Waals surface area contributed by atoms with Crippen molar-refractivity contribution in [2.24, 2.45) is 5.92 Å². The number of carbonyl (C=O) groups excluding carboxylic acids is 1. The zero-order valence-electron chi connectivity index (χ0n) is 16.1. The highest BCUT2D eigenvalue weighted by Crippen LogP contribution is 2.31. The molecule has 2 aromatic rings. The van der Waals surface area contributed by atoms with Crippen LogP contribution in [0.15, 0.2) is 29.0 Å². The molecule has 1 aromatic carbocycles. The van der Waals surface area contributed by atoms with Crippen LogP contribution >= 0.6 is 11.3 Å². The van der Waals surface area contributed by atoms with E-state index < -0.39 is 29.6 Å². The average Bonchev–Trinajstić information content (AvgIpc) is 3.20. The highest BCUT2D eigenvalue weighted by Gasteiger charge is 2.25. The smallest absolute Gasteiger partial charge is 0.408 e. The molecular formula is C21H26F3NO2S. The lowest BCUT2D eigenvalue weighted by Gasteiger charge is -2.20. The predicted octanol–water partition coefficient (Wildman–Crippen LogP) is 6.59. The highest BCUT2D eigenvalue weighted by molar-refractivity contribution is 7.08. The Kier molecular flexibility index (Phi) is 8.83. The van der Waals surface area contributed by atoms with E-state index >= 15 is 0 Å². The fraction of sp³-hybridized carbons (Fsp3) is 0.476. The third-order valence-corrected chi connectivity index (χ3v) is 5.42. The van der Waals surface area contributed by atoms with E-state index in [4.69, 9.17) is 4.74 Å². The molecule has 0 radical (unpaired) electrons. The Morgan fingerprint density at radius 3 is 2.54 bits per heavy atom. The van der Waals surface area contributed by atoms with Crippen molar-refractivity contribution in [1.82, 2.24) is 5.32 Å². The van der Waals surface area contributed by atoms with Crippen molar-refractivity contribution < 1.29 is 22.7 Å². The second-order valence-corrected chi connectivity index (χ2v) is 7.56. The van der Waals surface area contributed by atoms with E-state index in [1.54, 1.807) is 16.8 Å². The summed E-state index contributed by atoms with van der Waals surface area (Å²) in [5.74, 6) is -3.11. The Bertz CT molecular complexity index is 752. The molecule has 0 spiro atoms. The lowest BCUT2D eigenvalue weighted by atomic mass is 9.99. The molecule has 1 amide bonds. The lowest BCUT2D eigenvalue weighted by molar-refractivity contribution is 0.113. The lowest BCUT2D eigenvalue weighted by Crippen LogP contribution is -2.31. The van der Waals surface area contributed by atoms with Gasteiger partial charge in [-0.05, 0) is 35.2 Å². The number of halogens is 3. The minimum Gasteiger partial charge on any atom is -0.436 e. The van der Waals surface area contributed by atoms with Crippen LogP contribution in [0.25, 0.3) is 0 Å². The molecule has 1 aromatic heterocycles. The van der Waals surface area contributed by atoms with Gasteiger partial charge in [-0.25, -0.2) is 18.0 Å². The standard InChI is InChI=1S/C21H26F3NO2S/c1-3-5-6-7-14(4-2)12-25-21(26)27-20(15-8-9-28-13-15)16-10-18(23)19(24)11-17(16)22/h8-11,13-14,20H,3-7,12H2,1-2H3,(H,25,26). The maximum absolute atomic E-state index is 14.2. The summed E-state index contributed by atoms with van der Waals surface area (Å²) >= 11 is 1.33. The van der Waals surface area contributed by atoms with E-state index in [-0.39, 0.29) is 5.56 Å². The molecule has 0 aliphatic heterocycles. The topological polar surface area (TPSA) is 38.3 Å². The first-order chi connectivity index (χ1) is 13.5. The van der Waals surface area contributed by atoms with E-state index in [1.807, 2.05) is 0 Å². The van der Waals surface area contributed by atoms with Gasteiger partial charge in [0.2, 0.25) is 0 Å². The first-order valence-electron chi connectivity index (χ1n) is 9.57. The van der Waals surface area contributed by atoms with Gasteiger partial charge in [-0.3, -0.25) is 0 Å². The zero-order chi connectivity index (χ0) is 20.5. The Hall–Kier alpha value is -2.02. The van der Waals surface area contributed by atoms with Gasteiger partial charge in [0.1, 0.15) is 5.82 Å². The quantitative estimate of drug-likeness (QED) is 0.353. The Balaban J connectivity index is 2.08. The molecule has 0 fully saturated rings. The van der Waals surface area contributed by atoms with Gasteiger partial charge in [0, 0.05) is 23.7 Å². The Morgan fingerprint density at radius 2 is 1.89 bits per heavy atom. The molecule has 0 saturated carbocycles. The van der Waals surface area contributed by atoms with Crippen LogP contribution in [-0.2, 0) is 4.74 Å². The summed E-state index contributed by atoms with van der Waals surface area (Å²) in [5, 5.41) is 6.14. The Labute approximate surface area is 167 Å². The van der Waals surface area contributed by atoms with Crippen molar-refractivity contribution in [2.75, 3.05) is 6.54 Å². The maximum Gasteiger partial charge on any atom is 0.408 e. The number of unbranched alkanes of at least 4 members (excludes halogenated alkanes) is 2. The minimum atomic E-state index is -1.28. The molecule has 3 nitrogen and oxygen atoms in total. The molecule has 0 aliphatic rings. The van der Waals surface area contributed by atoms with Gasteiger partial charge in [-0.1, -0.05) is 39.5 Å². The van der Waals surface area contributed by atoms with Gasteiger partial charge in [-0.2, -0.15) is 11.3 Å². The van der Waals surface area contributed by atoms with Gasteiger partial charge in [0.05, 0.1) is 0 Å². The summed E-state index contributed by atoms with van der Waals surface area (Å²) in [6, 6.07) is 2.86. The summed E-state index contributed by atoms with van der Waals surface area (Å²) in [6.45, 7) is 4.66. The summed E-state index contributed by atoms with van der Waals surface area (Å²) < 4.78 is 46.6. The fourth-order valence-electron chi connectivity index (χ4n) is 2.98. The number of amides is 1. The third-order valence-electron chi connectivity index (χ3n) is 4.72. The summed E-state index contributed by atoms with van der Waals surface area (Å²) in [5.41, 5.74) is 0.280. The van der Waals surface area contributed by atoms with Crippen LogP contribution < -0.4 is 5.32 Å². The molecule has 2 rings (SSSR count). The van der Waals surface area contributed by atoms with E-state index in [1.165, 1.54) is 11.3 Å². The van der Waals surface area contributed by atoms with Crippen molar-refractivity contribution in [2.45, 2.75) is 52.1 Å². The summed E-state index contributed by atoms with van der Waals surface area (Å²) in [4.78, 5) is 12.3. The molecule has 154 valence electrons. The van der Waals surface area contributed by atoms with Gasteiger partial charge in [0.15, 0.2) is 17.7 Å². The molecule has 0 bridgehead atoms. The monoisotopic (exact) mass is 413 g/mol. The number of benzene rings is 1. The maximum atomic E-state index is 14.2. The minimum absolute atomic E-state index is 0.220. The first kappa shape index (κ1) is 22.3. The number of thiophene rings is 1. The number of ether oxygens (including phenoxy) is 1. The van der Waals surface area contributed by atoms with E-state index in [2.05, 4.69) is 19.2 Å². The van der Waals surface area contributed by atoms with Gasteiger partial charge in [0.25, 0.3) is 0 Å². The van der Waals surface area contributed by atoms with Gasteiger partial charge >= 0.3 is 6.09 Å². The molecule has 2 unspecified atom stereocenters. The zero-order valence-corrected chi connectivity index (χ0v) is 17.0. The summed E-state index contributed by atoms with van der Waals surface area (Å²) in [6.07, 6.45) is 3.45. The molecule has 1 heterocycles. The van der Waals surface area contributed by atoms with Crippen LogP contribution in [0.4, 0.5) is 18.0 Å². The molecule has 7 heteroatoms. The second-order valence-electron chi connectivity index (χ2n) is 6.78. The number of alkyl carbamates (subject to hydrolysis) is 1. The average molecular weight is 414 g/mol. The van der Waals surface area contributed by atoms with Crippen LogP contribution in [0.1, 0.15) is 63.2 Å². The Morgan fingerprint density at radius 1 is 1.14 bits per heavy atom. The van der Waals surface area contributed by atoms with Crippen LogP contribution in [0.2, 0.25) is 0 Å². The first-order valence-corrected chi connectivity index (χ1v) is 10.5. The third kappa shape index (κ3) is 6.26. The molecule has 0 aliphatic carbocycles. The second kappa shape index (κ2) is 11.1. The molecule has 2 atom stereocenters. The fourth-order valence-corrected chi connectivity index (χ4v) is 3.66. The highest BCUT2D eigenvalue weighted by atomic mass is 32.1. The van der Waals surface area contributed by atoms with Crippen molar-refractivity contribution in [1.29, 1.82) is 0 Å². The SMILES string of the molecule is CCCCCC(CC)CNC(=O)OC(c1ccsc1)c1cc(F)c(F)cc1F. The number of hydrogen-bond donors (Lipinski definition) is 1. The molecule has 0 saturated heterocycles. The normalized spacial score (nSPS) is 13.2. The van der Waals surface area contributed by atoms with Crippen LogP contribution in [0, 0.1) is 23.4 Å². The molecule has 28 heavy (non-hydrogen) atoms. The number of nitrogens with one attached hydrogen (secondary N) is 1. The van der Waals surface area contributed by atoms with E-state index in [0.717, 1.165) is 38.2 Å². The van der Waals surface area contributed by atoms with Crippen molar-refractivity contribution >= 4 is 17.4 Å². The van der Waals surface area contributed by atoms with Crippen LogP contribution in [0.3, 0.4) is 0 Å². The molecule has 1 N–H and O–H groups in total. The van der Waals surface area contributed by atoms with Gasteiger partial charge < -0.3 is 10.1 Å². The van der Waals surface area contributed by atoms with Crippen LogP contribution in [-0.4, -0.2) is 12.6 Å². The van der Waals surface area contributed by atoms with Gasteiger partial charge in [-0.15, -0.1) is 0 Å². The number of carbonyl (C=O) groups is 1. The van der Waals surface area contributed by atoms with E-state index in [0.29, 0.717) is 24.1 Å². The number of rotatable bonds is 10.